The van der Waals surface area contributed by atoms with Gasteiger partial charge in [-0.05, 0) is 48.0 Å². The Balaban J connectivity index is 1.81. The first-order chi connectivity index (χ1) is 11.2. The fraction of sp³-hybridized carbons (Fsp3) is 0.111. The van der Waals surface area contributed by atoms with Gasteiger partial charge in [0.15, 0.2) is 5.17 Å². The largest absolute Gasteiger partial charge is 0.507 e. The number of amides is 1. The number of benzene rings is 2. The Hall–Kier alpha value is -2.53. The number of hydrogen-bond donors (Lipinski definition) is 2. The molecule has 0 radical (unpaired) electrons. The van der Waals surface area contributed by atoms with E-state index in [-0.39, 0.29) is 11.7 Å². The molecule has 2 aromatic carbocycles. The van der Waals surface area contributed by atoms with Crippen LogP contribution in [-0.4, -0.2) is 16.2 Å². The van der Waals surface area contributed by atoms with E-state index in [1.807, 2.05) is 30.3 Å². The zero-order valence-electron chi connectivity index (χ0n) is 12.6. The molecule has 1 saturated heterocycles. The number of nitrogens with one attached hydrogen (secondary N) is 1. The number of carbonyl (C=O) groups excluding carboxylic acids is 1. The van der Waals surface area contributed by atoms with Gasteiger partial charge in [0.1, 0.15) is 5.75 Å². The lowest BCUT2D eigenvalue weighted by molar-refractivity contribution is -0.115. The number of carbonyl (C=O) groups is 1. The predicted octanol–water partition coefficient (Wildman–Crippen LogP) is 3.85. The molecule has 1 aliphatic heterocycles. The van der Waals surface area contributed by atoms with Gasteiger partial charge < -0.3 is 10.4 Å². The zero-order chi connectivity index (χ0) is 16.2. The van der Waals surface area contributed by atoms with Crippen LogP contribution in [0.2, 0.25) is 0 Å². The molecular formula is C18H16N2O2S. The van der Waals surface area contributed by atoms with Gasteiger partial charge in [-0.1, -0.05) is 37.3 Å². The van der Waals surface area contributed by atoms with E-state index in [0.717, 1.165) is 12.1 Å². The van der Waals surface area contributed by atoms with Gasteiger partial charge in [0, 0.05) is 5.56 Å². The summed E-state index contributed by atoms with van der Waals surface area (Å²) in [5.41, 5.74) is 2.66. The molecule has 1 fully saturated rings. The molecule has 1 amide bonds. The van der Waals surface area contributed by atoms with Crippen molar-refractivity contribution in [1.82, 2.24) is 5.32 Å². The van der Waals surface area contributed by atoms with Crippen LogP contribution in [-0.2, 0) is 11.2 Å². The molecule has 1 aliphatic rings. The molecule has 0 saturated carbocycles. The van der Waals surface area contributed by atoms with Gasteiger partial charge in [0.05, 0.1) is 10.6 Å². The Kier molecular flexibility index (Phi) is 4.48. The third kappa shape index (κ3) is 3.63. The van der Waals surface area contributed by atoms with Crippen molar-refractivity contribution in [3.8, 4) is 5.75 Å². The maximum atomic E-state index is 12.0. The number of para-hydroxylation sites is 1. The maximum Gasteiger partial charge on any atom is 0.264 e. The maximum absolute atomic E-state index is 12.0. The van der Waals surface area contributed by atoms with Crippen molar-refractivity contribution < 1.29 is 9.90 Å². The standard InChI is InChI=1S/C18H16N2O2S/c1-2-12-7-9-14(10-8-12)19-18-20-17(22)16(23-18)11-13-5-3-4-6-15(13)21/h3-11,21H,2H2,1H3,(H,19,20,22). The molecule has 1 heterocycles. The van der Waals surface area contributed by atoms with Crippen LogP contribution < -0.4 is 5.32 Å². The number of phenolic OH excluding ortho intramolecular Hbond substituents is 1. The zero-order valence-corrected chi connectivity index (χ0v) is 13.4. The number of thioether (sulfide) groups is 1. The Morgan fingerprint density at radius 3 is 2.61 bits per heavy atom. The van der Waals surface area contributed by atoms with Crippen molar-refractivity contribution in [3.63, 3.8) is 0 Å². The normalized spacial score (nSPS) is 17.7. The smallest absolute Gasteiger partial charge is 0.264 e. The van der Waals surface area contributed by atoms with E-state index in [1.54, 1.807) is 24.3 Å². The highest BCUT2D eigenvalue weighted by Crippen LogP contribution is 2.30. The van der Waals surface area contributed by atoms with Crippen molar-refractivity contribution in [1.29, 1.82) is 0 Å². The lowest BCUT2D eigenvalue weighted by Crippen LogP contribution is -2.19. The molecule has 0 unspecified atom stereocenters. The first-order valence-corrected chi connectivity index (χ1v) is 8.14. The molecule has 5 heteroatoms. The number of aromatic hydroxyl groups is 1. The molecule has 0 bridgehead atoms. The third-order valence-corrected chi connectivity index (χ3v) is 4.36. The Bertz CT molecular complexity index is 795. The van der Waals surface area contributed by atoms with E-state index < -0.39 is 0 Å². The molecule has 2 N–H and O–H groups in total. The number of nitrogens with zero attached hydrogens (tertiary/aromatic N) is 1. The second kappa shape index (κ2) is 6.71. The highest BCUT2D eigenvalue weighted by Gasteiger charge is 2.24. The van der Waals surface area contributed by atoms with E-state index in [2.05, 4.69) is 17.2 Å². The topological polar surface area (TPSA) is 61.7 Å². The van der Waals surface area contributed by atoms with Gasteiger partial charge in [0.25, 0.3) is 5.91 Å². The van der Waals surface area contributed by atoms with Crippen LogP contribution in [0.1, 0.15) is 18.1 Å². The molecule has 3 rings (SSSR count). The van der Waals surface area contributed by atoms with Crippen LogP contribution >= 0.6 is 11.8 Å². The van der Waals surface area contributed by atoms with Gasteiger partial charge in [-0.15, -0.1) is 0 Å². The number of aryl methyl sites for hydroxylation is 1. The first-order valence-electron chi connectivity index (χ1n) is 7.32. The summed E-state index contributed by atoms with van der Waals surface area (Å²) < 4.78 is 0. The van der Waals surface area contributed by atoms with Gasteiger partial charge in [0.2, 0.25) is 0 Å². The van der Waals surface area contributed by atoms with Crippen LogP contribution in [0.5, 0.6) is 5.75 Å². The van der Waals surface area contributed by atoms with Crippen LogP contribution in [0.4, 0.5) is 5.69 Å². The molecule has 0 aromatic heterocycles. The quantitative estimate of drug-likeness (QED) is 0.843. The summed E-state index contributed by atoms with van der Waals surface area (Å²) in [7, 11) is 0. The van der Waals surface area contributed by atoms with Crippen molar-refractivity contribution in [3.05, 3.63) is 64.6 Å². The van der Waals surface area contributed by atoms with E-state index in [4.69, 9.17) is 0 Å². The number of aliphatic imine (C=N–C) groups is 1. The molecule has 2 aromatic rings. The molecule has 0 aliphatic carbocycles. The molecule has 116 valence electrons. The van der Waals surface area contributed by atoms with Crippen molar-refractivity contribution in [2.45, 2.75) is 13.3 Å². The monoisotopic (exact) mass is 324 g/mol. The SMILES string of the molecule is CCc1ccc(N=C2NC(=O)C(=Cc3ccccc3O)S2)cc1. The average molecular weight is 324 g/mol. The van der Waals surface area contributed by atoms with Gasteiger partial charge in [-0.25, -0.2) is 4.99 Å². The summed E-state index contributed by atoms with van der Waals surface area (Å²) in [5, 5.41) is 13.1. The van der Waals surface area contributed by atoms with Crippen molar-refractivity contribution in [2.75, 3.05) is 0 Å². The van der Waals surface area contributed by atoms with E-state index in [1.165, 1.54) is 17.3 Å². The fourth-order valence-electron chi connectivity index (χ4n) is 2.15. The van der Waals surface area contributed by atoms with E-state index in [0.29, 0.717) is 15.6 Å². The Labute approximate surface area is 139 Å². The molecule has 4 nitrogen and oxygen atoms in total. The lowest BCUT2D eigenvalue weighted by Gasteiger charge is -1.99. The predicted molar refractivity (Wildman–Crippen MR) is 94.7 cm³/mol. The molecule has 23 heavy (non-hydrogen) atoms. The minimum atomic E-state index is -0.206. The van der Waals surface area contributed by atoms with E-state index >= 15 is 0 Å². The minimum absolute atomic E-state index is 0.147. The Morgan fingerprint density at radius 2 is 1.91 bits per heavy atom. The highest BCUT2D eigenvalue weighted by atomic mass is 32.2. The Morgan fingerprint density at radius 1 is 1.17 bits per heavy atom. The third-order valence-electron chi connectivity index (χ3n) is 3.45. The number of phenols is 1. The first kappa shape index (κ1) is 15.4. The van der Waals surface area contributed by atoms with Gasteiger partial charge in [-0.3, -0.25) is 4.79 Å². The summed E-state index contributed by atoms with van der Waals surface area (Å²) in [6.07, 6.45) is 2.65. The second-order valence-corrected chi connectivity index (χ2v) is 6.09. The van der Waals surface area contributed by atoms with E-state index in [9.17, 15) is 9.90 Å². The summed E-state index contributed by atoms with van der Waals surface area (Å²) >= 11 is 1.27. The number of amidine groups is 1. The number of rotatable bonds is 3. The second-order valence-electron chi connectivity index (χ2n) is 5.06. The van der Waals surface area contributed by atoms with Crippen LogP contribution in [0.25, 0.3) is 6.08 Å². The van der Waals surface area contributed by atoms with Crippen LogP contribution in [0.3, 0.4) is 0 Å². The van der Waals surface area contributed by atoms with Crippen LogP contribution in [0.15, 0.2) is 58.4 Å². The average Bonchev–Trinajstić information content (AvgIpc) is 2.90. The van der Waals surface area contributed by atoms with Crippen LogP contribution in [0, 0.1) is 0 Å². The van der Waals surface area contributed by atoms with Crippen molar-refractivity contribution in [2.24, 2.45) is 4.99 Å². The highest BCUT2D eigenvalue weighted by molar-refractivity contribution is 8.18. The molecule has 0 atom stereocenters. The summed E-state index contributed by atoms with van der Waals surface area (Å²) in [5.74, 6) is -0.0591. The molecule has 0 spiro atoms. The van der Waals surface area contributed by atoms with Gasteiger partial charge >= 0.3 is 0 Å². The molecular weight excluding hydrogens is 308 g/mol. The summed E-state index contributed by atoms with van der Waals surface area (Å²) in [6, 6.07) is 14.8. The number of hydrogen-bond acceptors (Lipinski definition) is 4. The summed E-state index contributed by atoms with van der Waals surface area (Å²) in [4.78, 5) is 17.0. The minimum Gasteiger partial charge on any atom is -0.507 e. The van der Waals surface area contributed by atoms with Gasteiger partial charge in [-0.2, -0.15) is 0 Å². The summed E-state index contributed by atoms with van der Waals surface area (Å²) in [6.45, 7) is 2.10. The lowest BCUT2D eigenvalue weighted by atomic mass is 10.2. The fourth-order valence-corrected chi connectivity index (χ4v) is 2.99. The van der Waals surface area contributed by atoms with Crippen molar-refractivity contribution >= 4 is 34.6 Å².